The van der Waals surface area contributed by atoms with E-state index in [4.69, 9.17) is 21.1 Å². The number of hydrogen-bond acceptors (Lipinski definition) is 6. The van der Waals surface area contributed by atoms with Crippen molar-refractivity contribution in [1.29, 1.82) is 0 Å². The monoisotopic (exact) mass is 464 g/mol. The average molecular weight is 465 g/mol. The molecule has 0 fully saturated rings. The van der Waals surface area contributed by atoms with Crippen molar-refractivity contribution in [2.24, 2.45) is 5.92 Å². The lowest BCUT2D eigenvalue weighted by atomic mass is 10.0. The molecule has 0 saturated heterocycles. The van der Waals surface area contributed by atoms with Gasteiger partial charge < -0.3 is 14.8 Å². The van der Waals surface area contributed by atoms with Crippen LogP contribution in [0, 0.1) is 5.92 Å². The predicted octanol–water partition coefficient (Wildman–Crippen LogP) is 6.60. The molecule has 7 heteroatoms. The van der Waals surface area contributed by atoms with E-state index in [0.29, 0.717) is 42.1 Å². The molecule has 1 aromatic carbocycles. The van der Waals surface area contributed by atoms with Crippen molar-refractivity contribution in [3.05, 3.63) is 47.1 Å². The average Bonchev–Trinajstić information content (AvgIpc) is 2.80. The summed E-state index contributed by atoms with van der Waals surface area (Å²) in [5.41, 5.74) is 1.10. The summed E-state index contributed by atoms with van der Waals surface area (Å²) < 4.78 is 10.6. The molecule has 0 radical (unpaired) electrons. The third-order valence-corrected chi connectivity index (χ3v) is 6.61. The number of pyridine rings is 1. The Hall–Kier alpha value is -1.92. The van der Waals surface area contributed by atoms with Crippen molar-refractivity contribution in [3.63, 3.8) is 0 Å². The number of benzene rings is 1. The van der Waals surface area contributed by atoms with E-state index in [9.17, 15) is 4.79 Å². The zero-order chi connectivity index (χ0) is 22.5. The van der Waals surface area contributed by atoms with Crippen LogP contribution in [0.3, 0.4) is 0 Å². The molecule has 1 unspecified atom stereocenters. The minimum absolute atomic E-state index is 0.148. The molecular formula is C24H33ClN2O3S. The maximum absolute atomic E-state index is 12.1. The Labute approximate surface area is 195 Å². The van der Waals surface area contributed by atoms with Gasteiger partial charge in [-0.25, -0.2) is 4.98 Å². The number of esters is 1. The summed E-state index contributed by atoms with van der Waals surface area (Å²) in [6.45, 7) is 5.46. The van der Waals surface area contributed by atoms with Gasteiger partial charge in [-0.3, -0.25) is 4.79 Å². The fourth-order valence-corrected chi connectivity index (χ4v) is 4.23. The molecule has 0 aliphatic rings. The second-order valence-electron chi connectivity index (χ2n) is 7.37. The zero-order valence-electron chi connectivity index (χ0n) is 18.7. The molecule has 0 amide bonds. The standard InChI is InChI=1S/C24H33ClN2O3S/c1-4-6-7-18(5-2)17-30-22(28)13-15-31-21-12-14-26-24(23(21)25)27-16-19-8-10-20(29-3)11-9-19/h8-12,14,18H,4-7,13,15-17H2,1-3H3,(H,26,27). The molecule has 0 saturated carbocycles. The first-order valence-corrected chi connectivity index (χ1v) is 12.2. The number of nitrogens with zero attached hydrogens (tertiary/aromatic N) is 1. The molecule has 0 aliphatic heterocycles. The highest BCUT2D eigenvalue weighted by Gasteiger charge is 2.12. The number of hydrogen-bond donors (Lipinski definition) is 1. The van der Waals surface area contributed by atoms with Crippen LogP contribution in [0.25, 0.3) is 0 Å². The Bertz CT molecular complexity index is 802. The van der Waals surface area contributed by atoms with Gasteiger partial charge in [0.25, 0.3) is 0 Å². The van der Waals surface area contributed by atoms with Crippen LogP contribution in [0.15, 0.2) is 41.4 Å². The third-order valence-electron chi connectivity index (χ3n) is 5.06. The van der Waals surface area contributed by atoms with E-state index in [2.05, 4.69) is 24.1 Å². The number of carbonyl (C=O) groups excluding carboxylic acids is 1. The quantitative estimate of drug-likeness (QED) is 0.251. The zero-order valence-corrected chi connectivity index (χ0v) is 20.2. The molecule has 31 heavy (non-hydrogen) atoms. The molecule has 0 bridgehead atoms. The van der Waals surface area contributed by atoms with Gasteiger partial charge in [-0.05, 0) is 36.1 Å². The first-order valence-electron chi connectivity index (χ1n) is 10.9. The van der Waals surface area contributed by atoms with Gasteiger partial charge in [0.05, 0.1) is 25.2 Å². The van der Waals surface area contributed by atoms with Crippen molar-refractivity contribution < 1.29 is 14.3 Å². The topological polar surface area (TPSA) is 60.5 Å². The summed E-state index contributed by atoms with van der Waals surface area (Å²) in [4.78, 5) is 17.3. The highest BCUT2D eigenvalue weighted by atomic mass is 35.5. The summed E-state index contributed by atoms with van der Waals surface area (Å²) in [5.74, 6) is 2.39. The second-order valence-corrected chi connectivity index (χ2v) is 8.89. The molecule has 1 heterocycles. The van der Waals surface area contributed by atoms with Crippen molar-refractivity contribution in [1.82, 2.24) is 4.98 Å². The van der Waals surface area contributed by atoms with Crippen LogP contribution in [-0.2, 0) is 16.1 Å². The van der Waals surface area contributed by atoms with Gasteiger partial charge in [0, 0.05) is 23.4 Å². The largest absolute Gasteiger partial charge is 0.497 e. The summed E-state index contributed by atoms with van der Waals surface area (Å²) in [7, 11) is 1.65. The first-order chi connectivity index (χ1) is 15.1. The summed E-state index contributed by atoms with van der Waals surface area (Å²) in [5, 5.41) is 3.84. The molecule has 2 rings (SSSR count). The molecule has 2 aromatic rings. The lowest BCUT2D eigenvalue weighted by molar-refractivity contribution is -0.144. The van der Waals surface area contributed by atoms with E-state index in [-0.39, 0.29) is 5.97 Å². The number of anilines is 1. The van der Waals surface area contributed by atoms with Gasteiger partial charge >= 0.3 is 5.97 Å². The first kappa shape index (κ1) is 25.3. The minimum Gasteiger partial charge on any atom is -0.497 e. The van der Waals surface area contributed by atoms with Crippen molar-refractivity contribution in [2.45, 2.75) is 57.4 Å². The Morgan fingerprint density at radius 3 is 2.68 bits per heavy atom. The van der Waals surface area contributed by atoms with Gasteiger partial charge in [-0.1, -0.05) is 56.8 Å². The highest BCUT2D eigenvalue weighted by Crippen LogP contribution is 2.32. The van der Waals surface area contributed by atoms with E-state index < -0.39 is 0 Å². The highest BCUT2D eigenvalue weighted by molar-refractivity contribution is 7.99. The van der Waals surface area contributed by atoms with Crippen LogP contribution < -0.4 is 10.1 Å². The number of halogens is 1. The maximum atomic E-state index is 12.1. The van der Waals surface area contributed by atoms with E-state index >= 15 is 0 Å². The molecular weight excluding hydrogens is 432 g/mol. The van der Waals surface area contributed by atoms with Gasteiger partial charge in [0.2, 0.25) is 0 Å². The predicted molar refractivity (Wildman–Crippen MR) is 129 cm³/mol. The van der Waals surface area contributed by atoms with Crippen LogP contribution in [0.5, 0.6) is 5.75 Å². The number of nitrogens with one attached hydrogen (secondary N) is 1. The molecule has 5 nitrogen and oxygen atoms in total. The Morgan fingerprint density at radius 2 is 2.00 bits per heavy atom. The normalized spacial score (nSPS) is 11.7. The third kappa shape index (κ3) is 8.99. The number of carbonyl (C=O) groups is 1. The molecule has 0 spiro atoms. The lowest BCUT2D eigenvalue weighted by Gasteiger charge is -2.14. The molecule has 1 aromatic heterocycles. The summed E-state index contributed by atoms with van der Waals surface area (Å²) in [6, 6.07) is 9.70. The van der Waals surface area contributed by atoms with Crippen molar-refractivity contribution in [3.8, 4) is 5.75 Å². The summed E-state index contributed by atoms with van der Waals surface area (Å²) >= 11 is 8.07. The number of aromatic nitrogens is 1. The SMILES string of the molecule is CCCCC(CC)COC(=O)CCSc1ccnc(NCc2ccc(OC)cc2)c1Cl. The number of rotatable bonds is 14. The van der Waals surface area contributed by atoms with Crippen molar-refractivity contribution in [2.75, 3.05) is 24.8 Å². The van der Waals surface area contributed by atoms with Gasteiger partial charge in [0.1, 0.15) is 11.6 Å². The number of thioether (sulfide) groups is 1. The number of unbranched alkanes of at least 4 members (excludes halogenated alkanes) is 1. The van der Waals surface area contributed by atoms with Gasteiger partial charge in [-0.15, -0.1) is 11.8 Å². The molecule has 170 valence electrons. The van der Waals surface area contributed by atoms with Crippen LogP contribution >= 0.6 is 23.4 Å². The van der Waals surface area contributed by atoms with Gasteiger partial charge in [0.15, 0.2) is 0 Å². The van der Waals surface area contributed by atoms with Crippen molar-refractivity contribution >= 4 is 35.1 Å². The fraction of sp³-hybridized carbons (Fsp3) is 0.500. The molecule has 1 atom stereocenters. The van der Waals surface area contributed by atoms with Crippen LogP contribution in [0.1, 0.15) is 51.5 Å². The van der Waals surface area contributed by atoms with Crippen LogP contribution in [0.4, 0.5) is 5.82 Å². The Kier molecular flexibility index (Phi) is 11.6. The van der Waals surface area contributed by atoms with E-state index in [0.717, 1.165) is 29.1 Å². The lowest BCUT2D eigenvalue weighted by Crippen LogP contribution is -2.14. The van der Waals surface area contributed by atoms with E-state index in [1.807, 2.05) is 30.3 Å². The number of methoxy groups -OCH3 is 1. The molecule has 0 aliphatic carbocycles. The Morgan fingerprint density at radius 1 is 1.23 bits per heavy atom. The minimum atomic E-state index is -0.148. The Balaban J connectivity index is 1.78. The van der Waals surface area contributed by atoms with Crippen LogP contribution in [0.2, 0.25) is 5.02 Å². The molecule has 1 N–H and O–H groups in total. The smallest absolute Gasteiger partial charge is 0.306 e. The van der Waals surface area contributed by atoms with Crippen LogP contribution in [-0.4, -0.2) is 30.4 Å². The number of ether oxygens (including phenoxy) is 2. The van der Waals surface area contributed by atoms with E-state index in [1.165, 1.54) is 12.8 Å². The van der Waals surface area contributed by atoms with E-state index in [1.54, 1.807) is 25.1 Å². The summed E-state index contributed by atoms with van der Waals surface area (Å²) in [6.07, 6.45) is 6.60. The van der Waals surface area contributed by atoms with Gasteiger partial charge in [-0.2, -0.15) is 0 Å². The fourth-order valence-electron chi connectivity index (χ4n) is 3.02. The maximum Gasteiger partial charge on any atom is 0.306 e. The second kappa shape index (κ2) is 14.2.